The summed E-state index contributed by atoms with van der Waals surface area (Å²) in [5, 5.41) is 0. The quantitative estimate of drug-likeness (QED) is 0.570. The predicted octanol–water partition coefficient (Wildman–Crippen LogP) is 6.08. The molecule has 7 atom stereocenters. The Morgan fingerprint density at radius 3 is 2.45 bits per heavy atom. The van der Waals surface area contributed by atoms with Crippen LogP contribution in [0.4, 0.5) is 0 Å². The van der Waals surface area contributed by atoms with E-state index in [9.17, 15) is 0 Å². The second-order valence-electron chi connectivity index (χ2n) is 9.28. The van der Waals surface area contributed by atoms with E-state index in [1.54, 1.807) is 12.0 Å². The molecule has 4 aliphatic rings. The highest BCUT2D eigenvalue weighted by atomic mass is 32.2. The van der Waals surface area contributed by atoms with Crippen LogP contribution in [-0.4, -0.2) is 12.4 Å². The Kier molecular flexibility index (Phi) is 4.09. The van der Waals surface area contributed by atoms with Gasteiger partial charge in [-0.1, -0.05) is 26.7 Å². The van der Waals surface area contributed by atoms with Gasteiger partial charge in [-0.15, -0.1) is 0 Å². The Hall–Kier alpha value is 0.310. The van der Waals surface area contributed by atoms with E-state index in [0.717, 1.165) is 23.7 Å². The van der Waals surface area contributed by atoms with Crippen molar-refractivity contribution in [3.63, 3.8) is 0 Å². The third-order valence-corrected chi connectivity index (χ3v) is 9.13. The molecule has 0 amide bonds. The number of fused-ring (bicyclic) bond motifs is 5. The molecule has 4 aliphatic carbocycles. The average molecular weight is 323 g/mol. The van der Waals surface area contributed by atoms with Crippen molar-refractivity contribution in [3.8, 4) is 0 Å². The molecule has 0 heterocycles. The first-order chi connectivity index (χ1) is 10.6. The molecule has 126 valence electrons. The molecule has 0 aromatic rings. The zero-order valence-corrected chi connectivity index (χ0v) is 15.6. The molecular formula is C20H34OS. The van der Waals surface area contributed by atoms with Gasteiger partial charge in [-0.2, -0.15) is 0 Å². The lowest BCUT2D eigenvalue weighted by Gasteiger charge is -2.60. The lowest BCUT2D eigenvalue weighted by atomic mass is 9.45. The zero-order chi connectivity index (χ0) is 15.4. The Morgan fingerprint density at radius 2 is 1.64 bits per heavy atom. The van der Waals surface area contributed by atoms with Gasteiger partial charge in [-0.3, -0.25) is 0 Å². The fourth-order valence-electron chi connectivity index (χ4n) is 7.52. The highest BCUT2D eigenvalue weighted by Gasteiger charge is 2.60. The van der Waals surface area contributed by atoms with Crippen LogP contribution in [0, 0.1) is 34.5 Å². The van der Waals surface area contributed by atoms with Crippen molar-refractivity contribution in [2.24, 2.45) is 34.5 Å². The number of hydrogen-bond acceptors (Lipinski definition) is 2. The minimum atomic E-state index is 0.474. The third-order valence-electron chi connectivity index (χ3n) is 8.71. The average Bonchev–Trinajstić information content (AvgIpc) is 2.84. The summed E-state index contributed by atoms with van der Waals surface area (Å²) in [7, 11) is 0. The largest absolute Gasteiger partial charge is 0.312 e. The summed E-state index contributed by atoms with van der Waals surface area (Å²) in [4.78, 5) is 0. The molecule has 0 aromatic heterocycles. The summed E-state index contributed by atoms with van der Waals surface area (Å²) in [6.45, 7) is 5.25. The fourth-order valence-corrected chi connectivity index (χ4v) is 8.07. The molecule has 4 rings (SSSR count). The van der Waals surface area contributed by atoms with Crippen LogP contribution in [0.3, 0.4) is 0 Å². The molecule has 0 spiro atoms. The molecule has 4 saturated carbocycles. The van der Waals surface area contributed by atoms with E-state index in [4.69, 9.17) is 4.18 Å². The topological polar surface area (TPSA) is 9.23 Å². The summed E-state index contributed by atoms with van der Waals surface area (Å²) in [6.07, 6.45) is 17.4. The Labute approximate surface area is 141 Å². The lowest BCUT2D eigenvalue weighted by molar-refractivity contribution is -0.116. The standard InChI is InChI=1S/C20H34OS/c1-19-12-5-4-6-14(19)7-8-15-16-9-10-18(21-22-3)20(16,2)13-11-17(15)19/h14-18H,4-13H2,1-3H3/t14-,15+,16+,17+,18+,19+,20+/m1/s1. The first kappa shape index (κ1) is 15.8. The fraction of sp³-hybridized carbons (Fsp3) is 1.00. The highest BCUT2D eigenvalue weighted by Crippen LogP contribution is 2.66. The Bertz CT molecular complexity index is 424. The molecule has 1 nitrogen and oxygen atoms in total. The minimum Gasteiger partial charge on any atom is -0.312 e. The second-order valence-corrected chi connectivity index (χ2v) is 9.80. The van der Waals surface area contributed by atoms with Gasteiger partial charge < -0.3 is 4.18 Å². The van der Waals surface area contributed by atoms with Crippen LogP contribution in [-0.2, 0) is 4.18 Å². The van der Waals surface area contributed by atoms with Crippen LogP contribution in [0.1, 0.15) is 78.1 Å². The third kappa shape index (κ3) is 2.15. The van der Waals surface area contributed by atoms with Gasteiger partial charge in [0.2, 0.25) is 0 Å². The maximum atomic E-state index is 6.10. The summed E-state index contributed by atoms with van der Waals surface area (Å²) < 4.78 is 6.10. The SMILES string of the molecule is CSO[C@H]1CC[C@H]2[C@@H]3CC[C@H]4CCCC[C@]4(C)[C@H]3CC[C@]12C. The smallest absolute Gasteiger partial charge is 0.0778 e. The monoisotopic (exact) mass is 322 g/mol. The number of hydrogen-bond donors (Lipinski definition) is 0. The van der Waals surface area contributed by atoms with Gasteiger partial charge in [0.1, 0.15) is 0 Å². The van der Waals surface area contributed by atoms with E-state index in [1.807, 2.05) is 0 Å². The number of rotatable bonds is 2. The minimum absolute atomic E-state index is 0.474. The van der Waals surface area contributed by atoms with E-state index in [1.165, 1.54) is 64.2 Å². The van der Waals surface area contributed by atoms with Crippen molar-refractivity contribution in [2.75, 3.05) is 6.26 Å². The summed E-state index contributed by atoms with van der Waals surface area (Å²) in [5.41, 5.74) is 1.16. The van der Waals surface area contributed by atoms with Gasteiger partial charge in [0.15, 0.2) is 0 Å². The van der Waals surface area contributed by atoms with Crippen molar-refractivity contribution in [3.05, 3.63) is 0 Å². The molecule has 0 unspecified atom stereocenters. The van der Waals surface area contributed by atoms with Crippen molar-refractivity contribution >= 4 is 12.0 Å². The van der Waals surface area contributed by atoms with E-state index in [2.05, 4.69) is 20.1 Å². The van der Waals surface area contributed by atoms with Crippen LogP contribution in [0.15, 0.2) is 0 Å². The Balaban J connectivity index is 1.59. The normalized spacial score (nSPS) is 54.4. The van der Waals surface area contributed by atoms with E-state index in [0.29, 0.717) is 16.9 Å². The summed E-state index contributed by atoms with van der Waals surface area (Å²) in [5.74, 6) is 4.03. The molecule has 0 bridgehead atoms. The lowest BCUT2D eigenvalue weighted by Crippen LogP contribution is -2.53. The van der Waals surface area contributed by atoms with Crippen molar-refractivity contribution in [2.45, 2.75) is 84.2 Å². The molecule has 0 N–H and O–H groups in total. The summed E-state index contributed by atoms with van der Waals surface area (Å²) >= 11 is 1.60. The molecule has 4 fully saturated rings. The predicted molar refractivity (Wildman–Crippen MR) is 94.7 cm³/mol. The van der Waals surface area contributed by atoms with E-state index in [-0.39, 0.29) is 0 Å². The molecule has 0 saturated heterocycles. The van der Waals surface area contributed by atoms with Gasteiger partial charge in [-0.05, 0) is 97.9 Å². The Morgan fingerprint density at radius 1 is 0.818 bits per heavy atom. The van der Waals surface area contributed by atoms with Crippen LogP contribution < -0.4 is 0 Å². The second kappa shape index (κ2) is 5.69. The molecule has 22 heavy (non-hydrogen) atoms. The van der Waals surface area contributed by atoms with Crippen LogP contribution in [0.25, 0.3) is 0 Å². The zero-order valence-electron chi connectivity index (χ0n) is 14.8. The molecule has 0 aliphatic heterocycles. The van der Waals surface area contributed by atoms with Crippen molar-refractivity contribution in [1.29, 1.82) is 0 Å². The van der Waals surface area contributed by atoms with E-state index >= 15 is 0 Å². The van der Waals surface area contributed by atoms with Gasteiger partial charge in [0.25, 0.3) is 0 Å². The van der Waals surface area contributed by atoms with Gasteiger partial charge in [0, 0.05) is 6.26 Å². The van der Waals surface area contributed by atoms with E-state index < -0.39 is 0 Å². The maximum absolute atomic E-state index is 6.10. The van der Waals surface area contributed by atoms with Crippen LogP contribution >= 0.6 is 12.0 Å². The van der Waals surface area contributed by atoms with Gasteiger partial charge >= 0.3 is 0 Å². The molecule has 2 heteroatoms. The van der Waals surface area contributed by atoms with Crippen molar-refractivity contribution in [1.82, 2.24) is 0 Å². The summed E-state index contributed by atoms with van der Waals surface area (Å²) in [6, 6.07) is 0. The molecule has 0 radical (unpaired) electrons. The maximum Gasteiger partial charge on any atom is 0.0778 e. The van der Waals surface area contributed by atoms with Gasteiger partial charge in [0.05, 0.1) is 6.10 Å². The first-order valence-corrected chi connectivity index (χ1v) is 10.9. The first-order valence-electron chi connectivity index (χ1n) is 9.79. The highest BCUT2D eigenvalue weighted by molar-refractivity contribution is 7.93. The van der Waals surface area contributed by atoms with Crippen molar-refractivity contribution < 1.29 is 4.18 Å². The van der Waals surface area contributed by atoms with Crippen LogP contribution in [0.5, 0.6) is 0 Å². The van der Waals surface area contributed by atoms with Gasteiger partial charge in [-0.25, -0.2) is 0 Å². The molecular weight excluding hydrogens is 288 g/mol. The molecule has 0 aromatic carbocycles. The van der Waals surface area contributed by atoms with Crippen LogP contribution in [0.2, 0.25) is 0 Å².